The first kappa shape index (κ1) is 21.8. The number of hydrogen-bond acceptors (Lipinski definition) is 4. The average molecular weight is 482 g/mol. The number of carbonyl (C=O) groups excluding carboxylic acids is 1. The number of hydrogen-bond donors (Lipinski definition) is 1. The van der Waals surface area contributed by atoms with E-state index in [9.17, 15) is 13.2 Å². The lowest BCUT2D eigenvalue weighted by Gasteiger charge is -2.08. The van der Waals surface area contributed by atoms with Gasteiger partial charge >= 0.3 is 0 Å². The topological polar surface area (TPSA) is 80.5 Å². The van der Waals surface area contributed by atoms with E-state index in [0.29, 0.717) is 21.1 Å². The van der Waals surface area contributed by atoms with E-state index in [1.807, 2.05) is 6.07 Å². The molecule has 0 aliphatic heterocycles. The highest BCUT2D eigenvalue weighted by atomic mass is 35.5. The van der Waals surface area contributed by atoms with E-state index in [4.69, 9.17) is 18.0 Å². The Morgan fingerprint density at radius 2 is 1.81 bits per heavy atom. The lowest BCUT2D eigenvalue weighted by molar-refractivity contribution is 0.0998. The fourth-order valence-electron chi connectivity index (χ4n) is 3.02. The first-order valence-electron chi connectivity index (χ1n) is 9.37. The molecule has 0 radical (unpaired) electrons. The minimum absolute atomic E-state index is 0.151. The SMILES string of the molecule is C#CCn1c(=NC(=O)c2ccc(NS(=O)(=O)c3ccccc3)cc2)sc2cc(Cl)ccc21. The van der Waals surface area contributed by atoms with Crippen LogP contribution in [0.1, 0.15) is 10.4 Å². The maximum atomic E-state index is 12.7. The summed E-state index contributed by atoms with van der Waals surface area (Å²) in [7, 11) is -3.71. The van der Waals surface area contributed by atoms with Gasteiger partial charge in [0.1, 0.15) is 0 Å². The Labute approximate surface area is 193 Å². The summed E-state index contributed by atoms with van der Waals surface area (Å²) in [5.41, 5.74) is 1.49. The number of benzene rings is 3. The Morgan fingerprint density at radius 1 is 1.09 bits per heavy atom. The van der Waals surface area contributed by atoms with Crippen LogP contribution in [0.5, 0.6) is 0 Å². The molecule has 3 aromatic carbocycles. The van der Waals surface area contributed by atoms with Gasteiger partial charge in [-0.2, -0.15) is 4.99 Å². The molecule has 0 unspecified atom stereocenters. The van der Waals surface area contributed by atoms with Gasteiger partial charge in [-0.05, 0) is 54.6 Å². The van der Waals surface area contributed by atoms with E-state index in [-0.39, 0.29) is 11.4 Å². The molecule has 0 fully saturated rings. The van der Waals surface area contributed by atoms with Crippen LogP contribution in [0.25, 0.3) is 10.2 Å². The van der Waals surface area contributed by atoms with Crippen molar-refractivity contribution in [3.63, 3.8) is 0 Å². The van der Waals surface area contributed by atoms with Gasteiger partial charge < -0.3 is 4.57 Å². The second-order valence-corrected chi connectivity index (χ2v) is 9.83. The summed E-state index contributed by atoms with van der Waals surface area (Å²) in [4.78, 5) is 17.6. The molecule has 9 heteroatoms. The van der Waals surface area contributed by atoms with Gasteiger partial charge in [-0.3, -0.25) is 9.52 Å². The number of nitrogens with one attached hydrogen (secondary N) is 1. The molecule has 4 rings (SSSR count). The predicted octanol–water partition coefficient (Wildman–Crippen LogP) is 4.53. The Hall–Kier alpha value is -3.38. The Bertz CT molecular complexity index is 1520. The Kier molecular flexibility index (Phi) is 6.15. The van der Waals surface area contributed by atoms with Gasteiger partial charge in [0.25, 0.3) is 15.9 Å². The molecule has 0 atom stereocenters. The van der Waals surface area contributed by atoms with Gasteiger partial charge in [0.05, 0.1) is 21.7 Å². The summed E-state index contributed by atoms with van der Waals surface area (Å²) in [5, 5.41) is 0.582. The van der Waals surface area contributed by atoms with Crippen LogP contribution in [-0.4, -0.2) is 18.9 Å². The number of anilines is 1. The molecule has 0 saturated heterocycles. The summed E-state index contributed by atoms with van der Waals surface area (Å²) in [6, 6.07) is 19.5. The second-order valence-electron chi connectivity index (χ2n) is 6.70. The minimum atomic E-state index is -3.71. The van der Waals surface area contributed by atoms with Crippen LogP contribution in [0.4, 0.5) is 5.69 Å². The number of sulfonamides is 1. The summed E-state index contributed by atoms with van der Waals surface area (Å²) >= 11 is 7.38. The highest BCUT2D eigenvalue weighted by molar-refractivity contribution is 7.92. The normalized spacial score (nSPS) is 11.9. The Balaban J connectivity index is 1.62. The fourth-order valence-corrected chi connectivity index (χ4v) is 5.41. The third-order valence-electron chi connectivity index (χ3n) is 4.53. The molecule has 1 aromatic heterocycles. The van der Waals surface area contributed by atoms with E-state index in [2.05, 4.69) is 15.6 Å². The van der Waals surface area contributed by atoms with Crippen molar-refractivity contribution in [1.82, 2.24) is 4.57 Å². The average Bonchev–Trinajstić information content (AvgIpc) is 3.10. The quantitative estimate of drug-likeness (QED) is 0.425. The number of halogens is 1. The molecule has 0 aliphatic rings. The Morgan fingerprint density at radius 3 is 2.50 bits per heavy atom. The molecule has 1 heterocycles. The van der Waals surface area contributed by atoms with E-state index < -0.39 is 15.9 Å². The number of terminal acetylenes is 1. The van der Waals surface area contributed by atoms with Crippen LogP contribution in [0.2, 0.25) is 5.02 Å². The van der Waals surface area contributed by atoms with Crippen LogP contribution in [0.15, 0.2) is 82.7 Å². The first-order chi connectivity index (χ1) is 15.4. The lowest BCUT2D eigenvalue weighted by Crippen LogP contribution is -2.16. The van der Waals surface area contributed by atoms with Gasteiger partial charge in [-0.25, -0.2) is 8.42 Å². The molecule has 0 aliphatic carbocycles. The van der Waals surface area contributed by atoms with Crippen molar-refractivity contribution in [3.05, 3.63) is 88.2 Å². The zero-order chi connectivity index (χ0) is 22.7. The van der Waals surface area contributed by atoms with E-state index in [1.165, 1.54) is 47.7 Å². The van der Waals surface area contributed by atoms with Crippen molar-refractivity contribution in [1.29, 1.82) is 0 Å². The molecule has 1 N–H and O–H groups in total. The third-order valence-corrected chi connectivity index (χ3v) is 7.20. The maximum absolute atomic E-state index is 12.7. The van der Waals surface area contributed by atoms with Crippen LogP contribution in [0.3, 0.4) is 0 Å². The monoisotopic (exact) mass is 481 g/mol. The standard InChI is InChI=1S/C23H16ClN3O3S2/c1-2-14-27-20-13-10-17(24)15-21(20)31-23(27)25-22(28)16-8-11-18(12-9-16)26-32(29,30)19-6-4-3-5-7-19/h1,3-13,15,26H,14H2. The van der Waals surface area contributed by atoms with Gasteiger partial charge in [-0.15, -0.1) is 6.42 Å². The molecule has 1 amide bonds. The van der Waals surface area contributed by atoms with Crippen molar-refractivity contribution >= 4 is 54.8 Å². The summed E-state index contributed by atoms with van der Waals surface area (Å²) in [5.74, 6) is 2.11. The van der Waals surface area contributed by atoms with Crippen molar-refractivity contribution in [2.45, 2.75) is 11.4 Å². The lowest BCUT2D eigenvalue weighted by atomic mass is 10.2. The number of thiazole rings is 1. The molecular formula is C23H16ClN3O3S2. The largest absolute Gasteiger partial charge is 0.305 e. The van der Waals surface area contributed by atoms with E-state index in [1.54, 1.807) is 34.9 Å². The highest BCUT2D eigenvalue weighted by Gasteiger charge is 2.14. The maximum Gasteiger partial charge on any atom is 0.279 e. The van der Waals surface area contributed by atoms with E-state index >= 15 is 0 Å². The smallest absolute Gasteiger partial charge is 0.279 e. The van der Waals surface area contributed by atoms with Crippen LogP contribution < -0.4 is 9.52 Å². The van der Waals surface area contributed by atoms with Gasteiger partial charge in [0.2, 0.25) is 0 Å². The molecule has 0 bridgehead atoms. The number of amides is 1. The third kappa shape index (κ3) is 4.60. The van der Waals surface area contributed by atoms with Gasteiger partial charge in [-0.1, -0.05) is 47.1 Å². The molecule has 4 aromatic rings. The summed E-state index contributed by atoms with van der Waals surface area (Å²) < 4.78 is 30.0. The fraction of sp³-hybridized carbons (Fsp3) is 0.0435. The van der Waals surface area contributed by atoms with E-state index in [0.717, 1.165) is 10.2 Å². The number of rotatable bonds is 5. The highest BCUT2D eigenvalue weighted by Crippen LogP contribution is 2.22. The molecular weight excluding hydrogens is 466 g/mol. The van der Waals surface area contributed by atoms with Crippen LogP contribution in [0, 0.1) is 12.3 Å². The summed E-state index contributed by atoms with van der Waals surface area (Å²) in [6.45, 7) is 0.258. The summed E-state index contributed by atoms with van der Waals surface area (Å²) in [6.07, 6.45) is 5.49. The second kappa shape index (κ2) is 9.01. The zero-order valence-electron chi connectivity index (χ0n) is 16.5. The molecule has 32 heavy (non-hydrogen) atoms. The molecule has 6 nitrogen and oxygen atoms in total. The molecule has 0 saturated carbocycles. The van der Waals surface area contributed by atoms with Crippen molar-refractivity contribution in [2.75, 3.05) is 4.72 Å². The molecule has 160 valence electrons. The number of aromatic nitrogens is 1. The zero-order valence-corrected chi connectivity index (χ0v) is 18.9. The number of fused-ring (bicyclic) bond motifs is 1. The molecule has 0 spiro atoms. The van der Waals surface area contributed by atoms with Crippen LogP contribution >= 0.6 is 22.9 Å². The van der Waals surface area contributed by atoms with Gasteiger partial charge in [0.15, 0.2) is 4.80 Å². The number of carbonyl (C=O) groups is 1. The first-order valence-corrected chi connectivity index (χ1v) is 12.0. The predicted molar refractivity (Wildman–Crippen MR) is 127 cm³/mol. The van der Waals surface area contributed by atoms with Crippen molar-refractivity contribution < 1.29 is 13.2 Å². The number of nitrogens with zero attached hydrogens (tertiary/aromatic N) is 2. The van der Waals surface area contributed by atoms with Crippen molar-refractivity contribution in [3.8, 4) is 12.3 Å². The van der Waals surface area contributed by atoms with Crippen molar-refractivity contribution in [2.24, 2.45) is 4.99 Å². The minimum Gasteiger partial charge on any atom is -0.305 e. The van der Waals surface area contributed by atoms with Gasteiger partial charge in [0, 0.05) is 16.3 Å². The van der Waals surface area contributed by atoms with Crippen LogP contribution in [-0.2, 0) is 16.6 Å².